The van der Waals surface area contributed by atoms with E-state index >= 15 is 0 Å². The molecular weight excluding hydrogens is 331 g/mol. The fourth-order valence-corrected chi connectivity index (χ4v) is 3.56. The third-order valence-electron chi connectivity index (χ3n) is 3.69. The molecule has 0 saturated carbocycles. The Morgan fingerprint density at radius 3 is 2.83 bits per heavy atom. The fraction of sp³-hybridized carbons (Fsp3) is 0.529. The molecule has 0 aliphatic carbocycles. The number of carbonyl (C=O) groups excluding carboxylic acids is 2. The molecule has 1 fully saturated rings. The van der Waals surface area contributed by atoms with Gasteiger partial charge in [-0.25, -0.2) is 4.39 Å². The highest BCUT2D eigenvalue weighted by molar-refractivity contribution is 8.00. The van der Waals surface area contributed by atoms with Gasteiger partial charge in [-0.15, -0.1) is 11.8 Å². The molecule has 0 spiro atoms. The lowest BCUT2D eigenvalue weighted by Gasteiger charge is -2.28. The van der Waals surface area contributed by atoms with E-state index in [2.05, 4.69) is 10.6 Å². The topological polar surface area (TPSA) is 67.4 Å². The lowest BCUT2D eigenvalue weighted by molar-refractivity contribution is -0.128. The summed E-state index contributed by atoms with van der Waals surface area (Å²) in [7, 11) is 0. The standard InChI is InChI=1S/C17H23FN2O3S/c1-2-23-9-3-8-19-16(21)14-11-24-15(17(22)20-14)10-12-4-6-13(18)7-5-12/h4-7,14-15H,2-3,8-11H2,1H3,(H,19,21)(H,20,22). The van der Waals surface area contributed by atoms with Crippen LogP contribution in [0.1, 0.15) is 18.9 Å². The van der Waals surface area contributed by atoms with Crippen molar-refractivity contribution in [3.05, 3.63) is 35.6 Å². The predicted octanol–water partition coefficient (Wildman–Crippen LogP) is 1.51. The Morgan fingerprint density at radius 2 is 2.17 bits per heavy atom. The van der Waals surface area contributed by atoms with E-state index in [4.69, 9.17) is 4.74 Å². The van der Waals surface area contributed by atoms with Crippen molar-refractivity contribution in [1.29, 1.82) is 0 Å². The molecule has 1 saturated heterocycles. The molecule has 1 aliphatic heterocycles. The molecule has 5 nitrogen and oxygen atoms in total. The van der Waals surface area contributed by atoms with Crippen LogP contribution in [-0.2, 0) is 20.7 Å². The van der Waals surface area contributed by atoms with Crippen molar-refractivity contribution in [2.24, 2.45) is 0 Å². The summed E-state index contributed by atoms with van der Waals surface area (Å²) < 4.78 is 18.1. The lowest BCUT2D eigenvalue weighted by Crippen LogP contribution is -2.54. The number of carbonyl (C=O) groups is 2. The van der Waals surface area contributed by atoms with Gasteiger partial charge >= 0.3 is 0 Å². The van der Waals surface area contributed by atoms with Gasteiger partial charge in [0.15, 0.2) is 0 Å². The summed E-state index contributed by atoms with van der Waals surface area (Å²) in [5.74, 6) is -0.0623. The molecule has 1 aromatic carbocycles. The van der Waals surface area contributed by atoms with E-state index in [9.17, 15) is 14.0 Å². The number of ether oxygens (including phenoxy) is 1. The fourth-order valence-electron chi connectivity index (χ4n) is 2.38. The summed E-state index contributed by atoms with van der Waals surface area (Å²) in [6.45, 7) is 3.74. The molecule has 0 radical (unpaired) electrons. The minimum Gasteiger partial charge on any atom is -0.382 e. The summed E-state index contributed by atoms with van der Waals surface area (Å²) in [4.78, 5) is 24.2. The van der Waals surface area contributed by atoms with Crippen molar-refractivity contribution in [3.63, 3.8) is 0 Å². The maximum absolute atomic E-state index is 12.9. The van der Waals surface area contributed by atoms with Crippen LogP contribution in [0.15, 0.2) is 24.3 Å². The monoisotopic (exact) mass is 354 g/mol. The van der Waals surface area contributed by atoms with Crippen molar-refractivity contribution in [1.82, 2.24) is 10.6 Å². The van der Waals surface area contributed by atoms with Crippen LogP contribution in [0.25, 0.3) is 0 Å². The molecule has 1 aliphatic rings. The Bertz CT molecular complexity index is 553. The number of benzene rings is 1. The number of hydrogen-bond donors (Lipinski definition) is 2. The number of amides is 2. The van der Waals surface area contributed by atoms with Crippen LogP contribution in [-0.4, -0.2) is 48.6 Å². The Hall–Kier alpha value is -1.60. The van der Waals surface area contributed by atoms with Gasteiger partial charge in [-0.3, -0.25) is 9.59 Å². The van der Waals surface area contributed by atoms with E-state index in [0.29, 0.717) is 31.9 Å². The minimum atomic E-state index is -0.501. The highest BCUT2D eigenvalue weighted by Gasteiger charge is 2.32. The van der Waals surface area contributed by atoms with Gasteiger partial charge in [-0.05, 0) is 37.5 Å². The van der Waals surface area contributed by atoms with Gasteiger partial charge in [0.1, 0.15) is 11.9 Å². The van der Waals surface area contributed by atoms with E-state index in [1.807, 2.05) is 6.92 Å². The molecule has 2 rings (SSSR count). The zero-order valence-corrected chi connectivity index (χ0v) is 14.5. The smallest absolute Gasteiger partial charge is 0.243 e. The van der Waals surface area contributed by atoms with E-state index in [-0.39, 0.29) is 22.9 Å². The Balaban J connectivity index is 1.74. The first-order valence-electron chi connectivity index (χ1n) is 8.12. The highest BCUT2D eigenvalue weighted by atomic mass is 32.2. The zero-order chi connectivity index (χ0) is 17.4. The van der Waals surface area contributed by atoms with Gasteiger partial charge in [-0.2, -0.15) is 0 Å². The molecule has 2 atom stereocenters. The largest absolute Gasteiger partial charge is 0.382 e. The van der Waals surface area contributed by atoms with Crippen LogP contribution in [0.5, 0.6) is 0 Å². The van der Waals surface area contributed by atoms with Crippen molar-refractivity contribution in [3.8, 4) is 0 Å². The van der Waals surface area contributed by atoms with Gasteiger partial charge in [0.05, 0.1) is 5.25 Å². The normalized spacial score (nSPS) is 20.5. The molecule has 2 amide bonds. The summed E-state index contributed by atoms with van der Waals surface area (Å²) in [5.41, 5.74) is 0.905. The van der Waals surface area contributed by atoms with Crippen LogP contribution < -0.4 is 10.6 Å². The summed E-state index contributed by atoms with van der Waals surface area (Å²) in [5, 5.41) is 5.33. The number of rotatable bonds is 8. The van der Waals surface area contributed by atoms with E-state index < -0.39 is 6.04 Å². The molecule has 24 heavy (non-hydrogen) atoms. The van der Waals surface area contributed by atoms with Crippen molar-refractivity contribution in [2.75, 3.05) is 25.5 Å². The second-order valence-electron chi connectivity index (χ2n) is 5.56. The predicted molar refractivity (Wildman–Crippen MR) is 92.4 cm³/mol. The number of nitrogens with one attached hydrogen (secondary N) is 2. The Kier molecular flexibility index (Phi) is 7.52. The van der Waals surface area contributed by atoms with Crippen molar-refractivity contribution in [2.45, 2.75) is 31.1 Å². The molecule has 132 valence electrons. The first-order chi connectivity index (χ1) is 11.6. The lowest BCUT2D eigenvalue weighted by atomic mass is 10.1. The van der Waals surface area contributed by atoms with Gasteiger partial charge in [0.2, 0.25) is 11.8 Å². The molecule has 2 unspecified atom stereocenters. The van der Waals surface area contributed by atoms with Crippen LogP contribution in [0.2, 0.25) is 0 Å². The molecule has 1 aromatic rings. The Labute approximate surface area is 145 Å². The molecule has 2 N–H and O–H groups in total. The first-order valence-corrected chi connectivity index (χ1v) is 9.17. The van der Waals surface area contributed by atoms with Crippen LogP contribution in [0, 0.1) is 5.82 Å². The van der Waals surface area contributed by atoms with Crippen molar-refractivity contribution < 1.29 is 18.7 Å². The molecule has 7 heteroatoms. The summed E-state index contributed by atoms with van der Waals surface area (Å²) >= 11 is 1.46. The number of hydrogen-bond acceptors (Lipinski definition) is 4. The molecule has 1 heterocycles. The molecule has 0 bridgehead atoms. The van der Waals surface area contributed by atoms with Gasteiger partial charge < -0.3 is 15.4 Å². The SMILES string of the molecule is CCOCCCNC(=O)C1CSC(Cc2ccc(F)cc2)C(=O)N1. The minimum absolute atomic E-state index is 0.148. The zero-order valence-electron chi connectivity index (χ0n) is 13.7. The number of thioether (sulfide) groups is 1. The van der Waals surface area contributed by atoms with Gasteiger partial charge in [0, 0.05) is 25.5 Å². The molecule has 0 aromatic heterocycles. The van der Waals surface area contributed by atoms with E-state index in [0.717, 1.165) is 12.0 Å². The van der Waals surface area contributed by atoms with E-state index in [1.54, 1.807) is 12.1 Å². The second kappa shape index (κ2) is 9.64. The van der Waals surface area contributed by atoms with E-state index in [1.165, 1.54) is 23.9 Å². The highest BCUT2D eigenvalue weighted by Crippen LogP contribution is 2.22. The van der Waals surface area contributed by atoms with Crippen molar-refractivity contribution >= 4 is 23.6 Å². The number of halogens is 1. The first kappa shape index (κ1) is 18.7. The maximum atomic E-state index is 12.9. The van der Waals surface area contributed by atoms with Gasteiger partial charge in [-0.1, -0.05) is 12.1 Å². The average molecular weight is 354 g/mol. The third kappa shape index (κ3) is 5.79. The Morgan fingerprint density at radius 1 is 1.42 bits per heavy atom. The quantitative estimate of drug-likeness (QED) is 0.695. The van der Waals surface area contributed by atoms with Gasteiger partial charge in [0.25, 0.3) is 0 Å². The molecular formula is C17H23FN2O3S. The van der Waals surface area contributed by atoms with Crippen LogP contribution in [0.4, 0.5) is 4.39 Å². The van der Waals surface area contributed by atoms with Crippen LogP contribution >= 0.6 is 11.8 Å². The third-order valence-corrected chi connectivity index (χ3v) is 5.00. The maximum Gasteiger partial charge on any atom is 0.243 e. The van der Waals surface area contributed by atoms with Crippen LogP contribution in [0.3, 0.4) is 0 Å². The average Bonchev–Trinajstić information content (AvgIpc) is 2.58. The summed E-state index contributed by atoms with van der Waals surface area (Å²) in [6, 6.07) is 5.64. The summed E-state index contributed by atoms with van der Waals surface area (Å²) in [6.07, 6.45) is 1.28. The second-order valence-corrected chi connectivity index (χ2v) is 6.79.